The van der Waals surface area contributed by atoms with Gasteiger partial charge in [0.05, 0.1) is 0 Å². The van der Waals surface area contributed by atoms with Crippen LogP contribution < -0.4 is 5.32 Å². The van der Waals surface area contributed by atoms with Gasteiger partial charge >= 0.3 is 0 Å². The van der Waals surface area contributed by atoms with Crippen molar-refractivity contribution in [2.45, 2.75) is 51.6 Å². The lowest BCUT2D eigenvalue weighted by Crippen LogP contribution is -2.59. The molecule has 0 aromatic carbocycles. The summed E-state index contributed by atoms with van der Waals surface area (Å²) in [6.45, 7) is 8.42. The van der Waals surface area contributed by atoms with Crippen LogP contribution in [0.15, 0.2) is 17.5 Å². The zero-order valence-corrected chi connectivity index (χ0v) is 13.7. The number of hydrogen-bond acceptors (Lipinski definition) is 3. The van der Waals surface area contributed by atoms with Crippen molar-refractivity contribution in [1.29, 1.82) is 0 Å². The molecule has 3 heteroatoms. The SMILES string of the molecule is CCC(C)C1CN(CCc2cccs2)C(C2CC2)CN1. The quantitative estimate of drug-likeness (QED) is 0.864. The summed E-state index contributed by atoms with van der Waals surface area (Å²) in [5, 5.41) is 6.03. The third-order valence-electron chi connectivity index (χ3n) is 5.21. The van der Waals surface area contributed by atoms with Crippen LogP contribution in [-0.2, 0) is 6.42 Å². The molecule has 0 bridgehead atoms. The molecule has 0 radical (unpaired) electrons. The first-order valence-corrected chi connectivity index (χ1v) is 9.15. The van der Waals surface area contributed by atoms with Crippen LogP contribution >= 0.6 is 11.3 Å². The summed E-state index contributed by atoms with van der Waals surface area (Å²) in [6.07, 6.45) is 5.42. The molecule has 1 aromatic rings. The van der Waals surface area contributed by atoms with E-state index < -0.39 is 0 Å². The Bertz CT molecular complexity index is 399. The van der Waals surface area contributed by atoms with Crippen molar-refractivity contribution in [2.24, 2.45) is 11.8 Å². The molecule has 20 heavy (non-hydrogen) atoms. The Balaban J connectivity index is 1.59. The minimum atomic E-state index is 0.693. The average Bonchev–Trinajstić information content (AvgIpc) is 3.20. The minimum Gasteiger partial charge on any atom is -0.311 e. The molecule has 1 N–H and O–H groups in total. The summed E-state index contributed by atoms with van der Waals surface area (Å²) in [7, 11) is 0. The molecule has 3 unspecified atom stereocenters. The van der Waals surface area contributed by atoms with Gasteiger partial charge in [-0.1, -0.05) is 26.3 Å². The maximum atomic E-state index is 3.83. The van der Waals surface area contributed by atoms with Crippen LogP contribution in [0.2, 0.25) is 0 Å². The van der Waals surface area contributed by atoms with Gasteiger partial charge in [-0.15, -0.1) is 11.3 Å². The van der Waals surface area contributed by atoms with Gasteiger partial charge in [0.25, 0.3) is 0 Å². The molecule has 1 aromatic heterocycles. The maximum absolute atomic E-state index is 3.83. The van der Waals surface area contributed by atoms with Crippen LogP contribution in [0.1, 0.15) is 38.0 Å². The second-order valence-corrected chi connectivity index (χ2v) is 7.66. The topological polar surface area (TPSA) is 15.3 Å². The standard InChI is InChI=1S/C17H28N2S/c1-3-13(2)16-12-19(9-8-15-5-4-10-20-15)17(11-18-16)14-6-7-14/h4-5,10,13-14,16-18H,3,6-9,11-12H2,1-2H3. The smallest absolute Gasteiger partial charge is 0.0249 e. The molecule has 2 heterocycles. The van der Waals surface area contributed by atoms with Crippen LogP contribution in [0.3, 0.4) is 0 Å². The van der Waals surface area contributed by atoms with Crippen LogP contribution in [0.25, 0.3) is 0 Å². The van der Waals surface area contributed by atoms with Crippen molar-refractivity contribution in [2.75, 3.05) is 19.6 Å². The van der Waals surface area contributed by atoms with E-state index in [0.29, 0.717) is 6.04 Å². The molecule has 1 aliphatic heterocycles. The first-order chi connectivity index (χ1) is 9.78. The van der Waals surface area contributed by atoms with Gasteiger partial charge in [-0.3, -0.25) is 4.90 Å². The molecule has 3 rings (SSSR count). The third kappa shape index (κ3) is 3.44. The number of hydrogen-bond donors (Lipinski definition) is 1. The predicted molar refractivity (Wildman–Crippen MR) is 87.4 cm³/mol. The van der Waals surface area contributed by atoms with E-state index in [1.165, 1.54) is 50.2 Å². The van der Waals surface area contributed by atoms with Gasteiger partial charge < -0.3 is 5.32 Å². The summed E-state index contributed by atoms with van der Waals surface area (Å²) < 4.78 is 0. The molecule has 1 aliphatic carbocycles. The van der Waals surface area contributed by atoms with Crippen molar-refractivity contribution in [3.63, 3.8) is 0 Å². The van der Waals surface area contributed by atoms with Gasteiger partial charge in [0.2, 0.25) is 0 Å². The molecule has 1 saturated carbocycles. The van der Waals surface area contributed by atoms with E-state index in [4.69, 9.17) is 0 Å². The Morgan fingerprint density at radius 2 is 2.30 bits per heavy atom. The van der Waals surface area contributed by atoms with Gasteiger partial charge in [0.1, 0.15) is 0 Å². The van der Waals surface area contributed by atoms with Gasteiger partial charge in [0.15, 0.2) is 0 Å². The summed E-state index contributed by atoms with van der Waals surface area (Å²) >= 11 is 1.91. The lowest BCUT2D eigenvalue weighted by molar-refractivity contribution is 0.0974. The Kier molecular flexibility index (Phi) is 4.79. The maximum Gasteiger partial charge on any atom is 0.0249 e. The van der Waals surface area contributed by atoms with Gasteiger partial charge in [0, 0.05) is 36.6 Å². The molecule has 112 valence electrons. The number of thiophene rings is 1. The van der Waals surface area contributed by atoms with E-state index in [0.717, 1.165) is 17.9 Å². The monoisotopic (exact) mass is 292 g/mol. The molecular weight excluding hydrogens is 264 g/mol. The lowest BCUT2D eigenvalue weighted by atomic mass is 9.94. The fraction of sp³-hybridized carbons (Fsp3) is 0.765. The highest BCUT2D eigenvalue weighted by Gasteiger charge is 2.39. The van der Waals surface area contributed by atoms with Crippen LogP contribution in [0, 0.1) is 11.8 Å². The first-order valence-electron chi connectivity index (χ1n) is 8.27. The molecule has 2 aliphatic rings. The molecule has 0 spiro atoms. The fourth-order valence-corrected chi connectivity index (χ4v) is 4.13. The van der Waals surface area contributed by atoms with Crippen LogP contribution in [0.5, 0.6) is 0 Å². The van der Waals surface area contributed by atoms with Crippen LogP contribution in [0.4, 0.5) is 0 Å². The van der Waals surface area contributed by atoms with Crippen molar-refractivity contribution in [3.05, 3.63) is 22.4 Å². The van der Waals surface area contributed by atoms with E-state index in [9.17, 15) is 0 Å². The van der Waals surface area contributed by atoms with E-state index in [1.54, 1.807) is 0 Å². The number of rotatable bonds is 6. The highest BCUT2D eigenvalue weighted by atomic mass is 32.1. The molecule has 3 atom stereocenters. The summed E-state index contributed by atoms with van der Waals surface area (Å²) in [6, 6.07) is 5.96. The highest BCUT2D eigenvalue weighted by molar-refractivity contribution is 7.09. The third-order valence-corrected chi connectivity index (χ3v) is 6.15. The predicted octanol–water partition coefficient (Wildman–Crippen LogP) is 3.39. The number of piperazine rings is 1. The van der Waals surface area contributed by atoms with Gasteiger partial charge in [-0.25, -0.2) is 0 Å². The number of nitrogens with zero attached hydrogens (tertiary/aromatic N) is 1. The Labute approximate surface area is 127 Å². The van der Waals surface area contributed by atoms with Crippen molar-refractivity contribution in [1.82, 2.24) is 10.2 Å². The van der Waals surface area contributed by atoms with E-state index in [1.807, 2.05) is 11.3 Å². The van der Waals surface area contributed by atoms with E-state index >= 15 is 0 Å². The average molecular weight is 292 g/mol. The van der Waals surface area contributed by atoms with Crippen LogP contribution in [-0.4, -0.2) is 36.6 Å². The van der Waals surface area contributed by atoms with Crippen molar-refractivity contribution in [3.8, 4) is 0 Å². The fourth-order valence-electron chi connectivity index (χ4n) is 3.43. The minimum absolute atomic E-state index is 0.693. The normalized spacial score (nSPS) is 29.5. The Morgan fingerprint density at radius 1 is 1.45 bits per heavy atom. The van der Waals surface area contributed by atoms with Gasteiger partial charge in [-0.05, 0) is 42.5 Å². The molecular formula is C17H28N2S. The second-order valence-electron chi connectivity index (χ2n) is 6.63. The second kappa shape index (κ2) is 6.59. The zero-order chi connectivity index (χ0) is 13.9. The lowest BCUT2D eigenvalue weighted by Gasteiger charge is -2.42. The van der Waals surface area contributed by atoms with E-state index in [2.05, 4.69) is 41.6 Å². The molecule has 0 amide bonds. The van der Waals surface area contributed by atoms with E-state index in [-0.39, 0.29) is 0 Å². The number of nitrogens with one attached hydrogen (secondary N) is 1. The van der Waals surface area contributed by atoms with Crippen molar-refractivity contribution >= 4 is 11.3 Å². The summed E-state index contributed by atoms with van der Waals surface area (Å²) in [5.74, 6) is 1.77. The van der Waals surface area contributed by atoms with Gasteiger partial charge in [-0.2, -0.15) is 0 Å². The largest absolute Gasteiger partial charge is 0.311 e. The summed E-state index contributed by atoms with van der Waals surface area (Å²) in [5.41, 5.74) is 0. The Morgan fingerprint density at radius 3 is 2.95 bits per heavy atom. The zero-order valence-electron chi connectivity index (χ0n) is 12.8. The highest BCUT2D eigenvalue weighted by Crippen LogP contribution is 2.36. The molecule has 1 saturated heterocycles. The Hall–Kier alpha value is -0.380. The molecule has 2 nitrogen and oxygen atoms in total. The first kappa shape index (κ1) is 14.6. The molecule has 2 fully saturated rings. The van der Waals surface area contributed by atoms with Crippen molar-refractivity contribution < 1.29 is 0 Å². The summed E-state index contributed by atoms with van der Waals surface area (Å²) in [4.78, 5) is 4.34.